The molecule has 0 aromatic heterocycles. The third-order valence-electron chi connectivity index (χ3n) is 4.29. The van der Waals surface area contributed by atoms with E-state index in [-0.39, 0.29) is 18.8 Å². The molecule has 0 saturated carbocycles. The topological polar surface area (TPSA) is 61.8 Å². The van der Waals surface area contributed by atoms with Gasteiger partial charge in [-0.1, -0.05) is 42.5 Å². The average molecular weight is 364 g/mol. The number of rotatable bonds is 7. The SMILES string of the molecule is COc1ccc(OC)c(C(=O)COC(=O)Cc2cccc3ccccc23)c1. The van der Waals surface area contributed by atoms with Gasteiger partial charge in [-0.2, -0.15) is 0 Å². The molecule has 0 heterocycles. The number of esters is 1. The fourth-order valence-electron chi connectivity index (χ4n) is 2.91. The zero-order chi connectivity index (χ0) is 19.2. The van der Waals surface area contributed by atoms with Crippen LogP contribution in [0.15, 0.2) is 60.7 Å². The molecule has 5 nitrogen and oxygen atoms in total. The van der Waals surface area contributed by atoms with Crippen LogP contribution in [0, 0.1) is 0 Å². The molecule has 0 unspecified atom stereocenters. The van der Waals surface area contributed by atoms with E-state index in [0.717, 1.165) is 16.3 Å². The maximum absolute atomic E-state index is 12.4. The highest BCUT2D eigenvalue weighted by atomic mass is 16.5. The van der Waals surface area contributed by atoms with Crippen molar-refractivity contribution in [2.75, 3.05) is 20.8 Å². The van der Waals surface area contributed by atoms with Crippen LogP contribution < -0.4 is 9.47 Å². The smallest absolute Gasteiger partial charge is 0.310 e. The van der Waals surface area contributed by atoms with Gasteiger partial charge in [0.2, 0.25) is 5.78 Å². The van der Waals surface area contributed by atoms with Crippen molar-refractivity contribution in [1.82, 2.24) is 0 Å². The Morgan fingerprint density at radius 3 is 2.44 bits per heavy atom. The average Bonchev–Trinajstić information content (AvgIpc) is 2.71. The number of hydrogen-bond donors (Lipinski definition) is 0. The molecule has 0 aliphatic carbocycles. The van der Waals surface area contributed by atoms with E-state index in [2.05, 4.69) is 0 Å². The molecule has 27 heavy (non-hydrogen) atoms. The summed E-state index contributed by atoms with van der Waals surface area (Å²) in [6.45, 7) is -0.354. The minimum atomic E-state index is -0.457. The van der Waals surface area contributed by atoms with Gasteiger partial charge in [-0.15, -0.1) is 0 Å². The molecule has 3 aromatic rings. The predicted molar refractivity (Wildman–Crippen MR) is 102 cm³/mol. The van der Waals surface area contributed by atoms with Gasteiger partial charge in [0.1, 0.15) is 11.5 Å². The van der Waals surface area contributed by atoms with E-state index < -0.39 is 5.97 Å². The van der Waals surface area contributed by atoms with Crippen molar-refractivity contribution < 1.29 is 23.8 Å². The molecule has 0 aliphatic heterocycles. The van der Waals surface area contributed by atoms with Crippen LogP contribution in [-0.2, 0) is 16.0 Å². The summed E-state index contributed by atoms with van der Waals surface area (Å²) in [6, 6.07) is 18.5. The lowest BCUT2D eigenvalue weighted by atomic mass is 10.0. The molecular weight excluding hydrogens is 344 g/mol. The van der Waals surface area contributed by atoms with Crippen LogP contribution in [0.5, 0.6) is 11.5 Å². The monoisotopic (exact) mass is 364 g/mol. The zero-order valence-electron chi connectivity index (χ0n) is 15.2. The highest BCUT2D eigenvalue weighted by molar-refractivity contribution is 6.01. The summed E-state index contributed by atoms with van der Waals surface area (Å²) in [7, 11) is 2.99. The molecule has 0 bridgehead atoms. The quantitative estimate of drug-likeness (QED) is 0.471. The van der Waals surface area contributed by atoms with Crippen molar-refractivity contribution in [1.29, 1.82) is 0 Å². The Labute approximate surface area is 157 Å². The van der Waals surface area contributed by atoms with Gasteiger partial charge in [-0.05, 0) is 34.5 Å². The van der Waals surface area contributed by atoms with Crippen molar-refractivity contribution in [2.24, 2.45) is 0 Å². The molecule has 0 aliphatic rings. The van der Waals surface area contributed by atoms with E-state index in [1.807, 2.05) is 42.5 Å². The minimum Gasteiger partial charge on any atom is -0.497 e. The lowest BCUT2D eigenvalue weighted by Crippen LogP contribution is -2.16. The lowest BCUT2D eigenvalue weighted by Gasteiger charge is -2.10. The Morgan fingerprint density at radius 1 is 0.889 bits per heavy atom. The third kappa shape index (κ3) is 4.26. The van der Waals surface area contributed by atoms with Crippen molar-refractivity contribution in [3.63, 3.8) is 0 Å². The number of hydrogen-bond acceptors (Lipinski definition) is 5. The van der Waals surface area contributed by atoms with Gasteiger partial charge in [0.25, 0.3) is 0 Å². The highest BCUT2D eigenvalue weighted by Crippen LogP contribution is 2.24. The first kappa shape index (κ1) is 18.5. The number of Topliss-reactive ketones (excluding diaryl/α,β-unsaturated/α-hetero) is 1. The molecule has 3 aromatic carbocycles. The normalized spacial score (nSPS) is 10.4. The number of benzene rings is 3. The zero-order valence-corrected chi connectivity index (χ0v) is 15.2. The first-order valence-corrected chi connectivity index (χ1v) is 8.50. The molecule has 0 fully saturated rings. The molecular formula is C22H20O5. The number of ether oxygens (including phenoxy) is 3. The second-order valence-electron chi connectivity index (χ2n) is 5.97. The van der Waals surface area contributed by atoms with E-state index in [1.54, 1.807) is 18.2 Å². The molecule has 0 atom stereocenters. The Balaban J connectivity index is 1.68. The van der Waals surface area contributed by atoms with Crippen molar-refractivity contribution in [2.45, 2.75) is 6.42 Å². The molecule has 5 heteroatoms. The van der Waals surface area contributed by atoms with Crippen LogP contribution >= 0.6 is 0 Å². The summed E-state index contributed by atoms with van der Waals surface area (Å²) in [4.78, 5) is 24.7. The summed E-state index contributed by atoms with van der Waals surface area (Å²) in [6.07, 6.45) is 0.101. The number of carbonyl (C=O) groups excluding carboxylic acids is 2. The summed E-state index contributed by atoms with van der Waals surface area (Å²) < 4.78 is 15.5. The molecule has 3 rings (SSSR count). The number of methoxy groups -OCH3 is 2. The first-order valence-electron chi connectivity index (χ1n) is 8.50. The Bertz CT molecular complexity index is 972. The predicted octanol–water partition coefficient (Wildman–Crippen LogP) is 3.83. The maximum Gasteiger partial charge on any atom is 0.310 e. The molecule has 0 amide bonds. The molecule has 0 radical (unpaired) electrons. The molecule has 0 spiro atoms. The highest BCUT2D eigenvalue weighted by Gasteiger charge is 2.16. The Kier molecular flexibility index (Phi) is 5.71. The van der Waals surface area contributed by atoms with Gasteiger partial charge < -0.3 is 14.2 Å². The minimum absolute atomic E-state index is 0.101. The largest absolute Gasteiger partial charge is 0.497 e. The van der Waals surface area contributed by atoms with E-state index in [1.165, 1.54) is 14.2 Å². The summed E-state index contributed by atoms with van der Waals surface area (Å²) in [5, 5.41) is 2.05. The van der Waals surface area contributed by atoms with Crippen molar-refractivity contribution in [3.05, 3.63) is 71.8 Å². The van der Waals surface area contributed by atoms with Gasteiger partial charge in [0.15, 0.2) is 6.61 Å². The second kappa shape index (κ2) is 8.36. The first-order chi connectivity index (χ1) is 13.1. The molecule has 138 valence electrons. The van der Waals surface area contributed by atoms with Gasteiger partial charge >= 0.3 is 5.97 Å². The molecule has 0 saturated heterocycles. The Morgan fingerprint density at radius 2 is 1.67 bits per heavy atom. The van der Waals surface area contributed by atoms with E-state index >= 15 is 0 Å². The number of fused-ring (bicyclic) bond motifs is 1. The van der Waals surface area contributed by atoms with Crippen molar-refractivity contribution in [3.8, 4) is 11.5 Å². The lowest BCUT2D eigenvalue weighted by molar-refractivity contribution is -0.141. The third-order valence-corrected chi connectivity index (χ3v) is 4.29. The van der Waals surface area contributed by atoms with Gasteiger partial charge in [0, 0.05) is 0 Å². The van der Waals surface area contributed by atoms with E-state index in [9.17, 15) is 9.59 Å². The second-order valence-corrected chi connectivity index (χ2v) is 5.97. The van der Waals surface area contributed by atoms with Gasteiger partial charge in [-0.3, -0.25) is 9.59 Å². The van der Waals surface area contributed by atoms with Crippen LogP contribution in [0.3, 0.4) is 0 Å². The van der Waals surface area contributed by atoms with Crippen LogP contribution in [0.4, 0.5) is 0 Å². The van der Waals surface area contributed by atoms with Gasteiger partial charge in [-0.25, -0.2) is 0 Å². The molecule has 0 N–H and O–H groups in total. The fraction of sp³-hybridized carbons (Fsp3) is 0.182. The van der Waals surface area contributed by atoms with Gasteiger partial charge in [0.05, 0.1) is 26.2 Å². The standard InChI is InChI=1S/C22H20O5/c1-25-17-10-11-21(26-2)19(13-17)20(23)14-27-22(24)12-16-8-5-7-15-6-3-4-9-18(15)16/h3-11,13H,12,14H2,1-2H3. The summed E-state index contributed by atoms with van der Waals surface area (Å²) in [5.74, 6) is 0.130. The van der Waals surface area contributed by atoms with Crippen LogP contribution in [0.2, 0.25) is 0 Å². The Hall–Kier alpha value is -3.34. The summed E-state index contributed by atoms with van der Waals surface area (Å²) >= 11 is 0. The van der Waals surface area contributed by atoms with E-state index in [4.69, 9.17) is 14.2 Å². The van der Waals surface area contributed by atoms with Crippen molar-refractivity contribution >= 4 is 22.5 Å². The van der Waals surface area contributed by atoms with Crippen LogP contribution in [0.1, 0.15) is 15.9 Å². The fourth-order valence-corrected chi connectivity index (χ4v) is 2.91. The van der Waals surface area contributed by atoms with Crippen LogP contribution in [0.25, 0.3) is 10.8 Å². The number of carbonyl (C=O) groups is 2. The maximum atomic E-state index is 12.4. The van der Waals surface area contributed by atoms with Crippen LogP contribution in [-0.4, -0.2) is 32.6 Å². The number of ketones is 1. The van der Waals surface area contributed by atoms with E-state index in [0.29, 0.717) is 17.1 Å². The summed E-state index contributed by atoms with van der Waals surface area (Å²) in [5.41, 5.74) is 1.18.